The molecule has 0 heterocycles. The van der Waals surface area contributed by atoms with Crippen LogP contribution < -0.4 is 0 Å². The molecule has 0 saturated heterocycles. The first-order valence-electron chi connectivity index (χ1n) is 6.91. The fourth-order valence-electron chi connectivity index (χ4n) is 1.96. The molecule has 21 heavy (non-hydrogen) atoms. The predicted octanol–water partition coefficient (Wildman–Crippen LogP) is 2.71. The second-order valence-corrected chi connectivity index (χ2v) is 6.29. The van der Waals surface area contributed by atoms with Crippen molar-refractivity contribution in [3.05, 3.63) is 35.4 Å². The molecule has 0 spiro atoms. The van der Waals surface area contributed by atoms with Crippen molar-refractivity contribution >= 4 is 11.9 Å². The molecular formula is C16H23NO4. The zero-order valence-corrected chi connectivity index (χ0v) is 13.0. The average Bonchev–Trinajstić information content (AvgIpc) is 2.37. The van der Waals surface area contributed by atoms with Gasteiger partial charge in [-0.2, -0.15) is 0 Å². The van der Waals surface area contributed by atoms with Gasteiger partial charge in [-0.25, -0.2) is 4.79 Å². The number of aromatic carboxylic acids is 1. The molecule has 1 atom stereocenters. The van der Waals surface area contributed by atoms with Gasteiger partial charge in [0, 0.05) is 18.6 Å². The Hall–Kier alpha value is -1.88. The minimum absolute atomic E-state index is 0.171. The highest BCUT2D eigenvalue weighted by Crippen LogP contribution is 2.19. The normalized spacial score (nSPS) is 13.2. The fraction of sp³-hybridized carbons (Fsp3) is 0.500. The molecule has 1 unspecified atom stereocenters. The maximum atomic E-state index is 11.0. The first-order valence-corrected chi connectivity index (χ1v) is 6.91. The van der Waals surface area contributed by atoms with E-state index in [4.69, 9.17) is 10.2 Å². The SMILES string of the molecule is CC(CN(Cc1ccc(C(=O)O)cc1)C(C)(C)C)C(=O)O. The van der Waals surface area contributed by atoms with Crippen LogP contribution in [-0.4, -0.2) is 39.1 Å². The standard InChI is InChI=1S/C16H23NO4/c1-11(14(18)19)9-17(16(2,3)4)10-12-5-7-13(8-6-12)15(20)21/h5-8,11H,9-10H2,1-4H3,(H,18,19)(H,20,21). The molecule has 0 bridgehead atoms. The van der Waals surface area contributed by atoms with Gasteiger partial charge in [-0.05, 0) is 38.5 Å². The van der Waals surface area contributed by atoms with Gasteiger partial charge >= 0.3 is 11.9 Å². The van der Waals surface area contributed by atoms with E-state index in [1.165, 1.54) is 0 Å². The zero-order chi connectivity index (χ0) is 16.2. The second kappa shape index (κ2) is 6.72. The molecule has 0 aromatic heterocycles. The molecule has 5 nitrogen and oxygen atoms in total. The number of aliphatic carboxylic acids is 1. The molecule has 1 aromatic rings. The van der Waals surface area contributed by atoms with E-state index in [1.54, 1.807) is 31.2 Å². The van der Waals surface area contributed by atoms with Gasteiger partial charge in [-0.1, -0.05) is 19.1 Å². The van der Waals surface area contributed by atoms with E-state index in [1.807, 2.05) is 20.8 Å². The molecule has 1 rings (SSSR count). The zero-order valence-electron chi connectivity index (χ0n) is 13.0. The second-order valence-electron chi connectivity index (χ2n) is 6.29. The molecule has 2 N–H and O–H groups in total. The smallest absolute Gasteiger partial charge is 0.335 e. The third-order valence-electron chi connectivity index (χ3n) is 3.44. The summed E-state index contributed by atoms with van der Waals surface area (Å²) in [5.41, 5.74) is 1.04. The van der Waals surface area contributed by atoms with Crippen molar-refractivity contribution in [1.82, 2.24) is 4.90 Å². The van der Waals surface area contributed by atoms with Crippen molar-refractivity contribution in [3.8, 4) is 0 Å². The highest BCUT2D eigenvalue weighted by Gasteiger charge is 2.25. The number of benzene rings is 1. The van der Waals surface area contributed by atoms with Crippen LogP contribution in [0.3, 0.4) is 0 Å². The molecular weight excluding hydrogens is 270 g/mol. The van der Waals surface area contributed by atoms with E-state index in [9.17, 15) is 9.59 Å². The number of nitrogens with zero attached hydrogens (tertiary/aromatic N) is 1. The quantitative estimate of drug-likeness (QED) is 0.843. The van der Waals surface area contributed by atoms with Crippen LogP contribution in [0.15, 0.2) is 24.3 Å². The Morgan fingerprint density at radius 1 is 1.14 bits per heavy atom. The third kappa shape index (κ3) is 5.19. The van der Waals surface area contributed by atoms with E-state index >= 15 is 0 Å². The fourth-order valence-corrected chi connectivity index (χ4v) is 1.96. The Labute approximate surface area is 125 Å². The van der Waals surface area contributed by atoms with Crippen LogP contribution in [-0.2, 0) is 11.3 Å². The lowest BCUT2D eigenvalue weighted by atomic mass is 10.0. The molecule has 0 fully saturated rings. The molecule has 0 aliphatic rings. The summed E-state index contributed by atoms with van der Waals surface area (Å²) >= 11 is 0. The van der Waals surface area contributed by atoms with Gasteiger partial charge in [-0.15, -0.1) is 0 Å². The lowest BCUT2D eigenvalue weighted by Gasteiger charge is -2.36. The molecule has 1 aromatic carbocycles. The number of hydrogen-bond acceptors (Lipinski definition) is 3. The minimum Gasteiger partial charge on any atom is -0.481 e. The van der Waals surface area contributed by atoms with E-state index in [2.05, 4.69) is 4.90 Å². The molecule has 116 valence electrons. The summed E-state index contributed by atoms with van der Waals surface area (Å²) in [7, 11) is 0. The van der Waals surface area contributed by atoms with Crippen LogP contribution in [0.2, 0.25) is 0 Å². The largest absolute Gasteiger partial charge is 0.481 e. The van der Waals surface area contributed by atoms with Crippen molar-refractivity contribution in [2.24, 2.45) is 5.92 Å². The third-order valence-corrected chi connectivity index (χ3v) is 3.44. The first-order chi connectivity index (χ1) is 9.61. The van der Waals surface area contributed by atoms with Crippen molar-refractivity contribution in [1.29, 1.82) is 0 Å². The van der Waals surface area contributed by atoms with E-state index < -0.39 is 17.9 Å². The van der Waals surface area contributed by atoms with E-state index in [0.29, 0.717) is 13.1 Å². The Morgan fingerprint density at radius 2 is 1.67 bits per heavy atom. The lowest BCUT2D eigenvalue weighted by Crippen LogP contribution is -2.44. The van der Waals surface area contributed by atoms with E-state index in [-0.39, 0.29) is 11.1 Å². The average molecular weight is 293 g/mol. The van der Waals surface area contributed by atoms with Crippen molar-refractivity contribution in [2.45, 2.75) is 39.8 Å². The Kier molecular flexibility index (Phi) is 5.49. The summed E-state index contributed by atoms with van der Waals surface area (Å²) in [4.78, 5) is 24.0. The van der Waals surface area contributed by atoms with Crippen LogP contribution in [0.25, 0.3) is 0 Å². The van der Waals surface area contributed by atoms with Gasteiger partial charge in [-0.3, -0.25) is 9.69 Å². The Bertz CT molecular complexity index is 502. The van der Waals surface area contributed by atoms with Crippen molar-refractivity contribution in [2.75, 3.05) is 6.54 Å². The minimum atomic E-state index is -0.950. The summed E-state index contributed by atoms with van der Waals surface area (Å²) in [5.74, 6) is -2.22. The Balaban J connectivity index is 2.86. The molecule has 0 radical (unpaired) electrons. The summed E-state index contributed by atoms with van der Waals surface area (Å²) in [6.45, 7) is 8.82. The molecule has 0 aliphatic carbocycles. The van der Waals surface area contributed by atoms with Gasteiger partial charge in [0.05, 0.1) is 11.5 Å². The Morgan fingerprint density at radius 3 is 2.05 bits per heavy atom. The van der Waals surface area contributed by atoms with E-state index in [0.717, 1.165) is 5.56 Å². The summed E-state index contributed by atoms with van der Waals surface area (Å²) in [6, 6.07) is 6.68. The van der Waals surface area contributed by atoms with Crippen LogP contribution in [0.4, 0.5) is 0 Å². The number of carbonyl (C=O) groups is 2. The van der Waals surface area contributed by atoms with Gasteiger partial charge in [0.15, 0.2) is 0 Å². The van der Waals surface area contributed by atoms with Crippen LogP contribution in [0.5, 0.6) is 0 Å². The maximum absolute atomic E-state index is 11.0. The maximum Gasteiger partial charge on any atom is 0.335 e. The summed E-state index contributed by atoms with van der Waals surface area (Å²) in [6.07, 6.45) is 0. The van der Waals surface area contributed by atoms with Gasteiger partial charge < -0.3 is 10.2 Å². The molecule has 5 heteroatoms. The van der Waals surface area contributed by atoms with Gasteiger partial charge in [0.1, 0.15) is 0 Å². The highest BCUT2D eigenvalue weighted by molar-refractivity contribution is 5.87. The van der Waals surface area contributed by atoms with Gasteiger partial charge in [0.25, 0.3) is 0 Å². The number of rotatable bonds is 6. The first kappa shape index (κ1) is 17.2. The van der Waals surface area contributed by atoms with Crippen molar-refractivity contribution < 1.29 is 19.8 Å². The monoisotopic (exact) mass is 293 g/mol. The van der Waals surface area contributed by atoms with Gasteiger partial charge in [0.2, 0.25) is 0 Å². The highest BCUT2D eigenvalue weighted by atomic mass is 16.4. The van der Waals surface area contributed by atoms with Crippen LogP contribution in [0, 0.1) is 5.92 Å². The molecule has 0 aliphatic heterocycles. The van der Waals surface area contributed by atoms with Crippen molar-refractivity contribution in [3.63, 3.8) is 0 Å². The van der Waals surface area contributed by atoms with Crippen LogP contribution in [0.1, 0.15) is 43.6 Å². The topological polar surface area (TPSA) is 77.8 Å². The summed E-state index contributed by atoms with van der Waals surface area (Å²) < 4.78 is 0. The summed E-state index contributed by atoms with van der Waals surface area (Å²) in [5, 5.41) is 18.0. The number of carboxylic acids is 2. The number of hydrogen-bond donors (Lipinski definition) is 2. The van der Waals surface area contributed by atoms with Crippen LogP contribution >= 0.6 is 0 Å². The lowest BCUT2D eigenvalue weighted by molar-refractivity contribution is -0.142. The molecule has 0 amide bonds. The predicted molar refractivity (Wildman–Crippen MR) is 80.4 cm³/mol. The number of carboxylic acid groups (broad SMARTS) is 2. The molecule has 0 saturated carbocycles.